The summed E-state index contributed by atoms with van der Waals surface area (Å²) in [5.74, 6) is 0.510. The second kappa shape index (κ2) is 4.68. The molecule has 102 valence electrons. The van der Waals surface area contributed by atoms with E-state index in [1.807, 2.05) is 34.5 Å². The van der Waals surface area contributed by atoms with Gasteiger partial charge in [-0.25, -0.2) is 15.0 Å². The maximum absolute atomic E-state index is 5.64. The molecule has 0 aliphatic rings. The zero-order valence-electron chi connectivity index (χ0n) is 11.0. The van der Waals surface area contributed by atoms with Crippen molar-refractivity contribution in [2.24, 2.45) is 0 Å². The van der Waals surface area contributed by atoms with Gasteiger partial charge >= 0.3 is 0 Å². The summed E-state index contributed by atoms with van der Waals surface area (Å²) in [7, 11) is 0. The second-order valence-electron chi connectivity index (χ2n) is 4.63. The first-order chi connectivity index (χ1) is 10.3. The summed E-state index contributed by atoms with van der Waals surface area (Å²) in [5, 5.41) is 0. The molecule has 0 fully saturated rings. The summed E-state index contributed by atoms with van der Waals surface area (Å²) >= 11 is 1.63. The molecule has 0 aliphatic heterocycles. The summed E-state index contributed by atoms with van der Waals surface area (Å²) < 4.78 is 3.19. The van der Waals surface area contributed by atoms with E-state index in [2.05, 4.69) is 21.0 Å². The van der Waals surface area contributed by atoms with Crippen LogP contribution in [-0.2, 0) is 0 Å². The van der Waals surface area contributed by atoms with Crippen molar-refractivity contribution in [2.75, 3.05) is 5.73 Å². The predicted octanol–water partition coefficient (Wildman–Crippen LogP) is 3.13. The largest absolute Gasteiger partial charge is 0.384 e. The topological polar surface area (TPSA) is 69.6 Å². The molecule has 4 rings (SSSR count). The molecule has 0 amide bonds. The van der Waals surface area contributed by atoms with Gasteiger partial charge < -0.3 is 5.73 Å². The van der Waals surface area contributed by atoms with Crippen LogP contribution in [0.25, 0.3) is 27.2 Å². The summed E-state index contributed by atoms with van der Waals surface area (Å²) in [6.45, 7) is 0. The van der Waals surface area contributed by atoms with Crippen LogP contribution in [0, 0.1) is 0 Å². The lowest BCUT2D eigenvalue weighted by atomic mass is 10.2. The minimum absolute atomic E-state index is 0.510. The molecule has 6 heteroatoms. The highest BCUT2D eigenvalue weighted by Crippen LogP contribution is 2.26. The van der Waals surface area contributed by atoms with Crippen LogP contribution < -0.4 is 5.73 Å². The minimum Gasteiger partial charge on any atom is -0.384 e. The SMILES string of the molecule is Nc1ccc(-c2cncn2-c2ccc3ncsc3c2)cn1. The first-order valence-electron chi connectivity index (χ1n) is 6.39. The molecule has 0 saturated heterocycles. The summed E-state index contributed by atoms with van der Waals surface area (Å²) in [6.07, 6.45) is 5.38. The maximum Gasteiger partial charge on any atom is 0.123 e. The fourth-order valence-electron chi connectivity index (χ4n) is 2.26. The zero-order valence-corrected chi connectivity index (χ0v) is 11.8. The van der Waals surface area contributed by atoms with Gasteiger partial charge in [-0.2, -0.15) is 0 Å². The van der Waals surface area contributed by atoms with Crippen LogP contribution in [0.1, 0.15) is 0 Å². The van der Waals surface area contributed by atoms with E-state index < -0.39 is 0 Å². The standard InChI is InChI=1S/C15H11N5S/c16-15-4-1-10(6-18-15)13-7-17-8-20(13)11-2-3-12-14(5-11)21-9-19-12/h1-9H,(H2,16,18). The lowest BCUT2D eigenvalue weighted by Crippen LogP contribution is -1.96. The maximum atomic E-state index is 5.64. The van der Waals surface area contributed by atoms with Crippen molar-refractivity contribution in [1.82, 2.24) is 19.5 Å². The average molecular weight is 293 g/mol. The van der Waals surface area contributed by atoms with Gasteiger partial charge in [0.15, 0.2) is 0 Å². The molecule has 0 atom stereocenters. The van der Waals surface area contributed by atoms with E-state index >= 15 is 0 Å². The van der Waals surface area contributed by atoms with Gasteiger partial charge in [0.25, 0.3) is 0 Å². The monoisotopic (exact) mass is 293 g/mol. The Bertz CT molecular complexity index is 907. The van der Waals surface area contributed by atoms with Gasteiger partial charge in [0, 0.05) is 17.4 Å². The molecule has 1 aromatic carbocycles. The first-order valence-corrected chi connectivity index (χ1v) is 7.27. The minimum atomic E-state index is 0.510. The van der Waals surface area contributed by atoms with E-state index in [1.54, 1.807) is 29.9 Å². The molecule has 0 aliphatic carbocycles. The Balaban J connectivity index is 1.85. The van der Waals surface area contributed by atoms with Crippen LogP contribution in [0.4, 0.5) is 5.82 Å². The average Bonchev–Trinajstić information content (AvgIpc) is 3.16. The van der Waals surface area contributed by atoms with Crippen LogP contribution in [-0.4, -0.2) is 19.5 Å². The third-order valence-corrected chi connectivity index (χ3v) is 4.11. The number of aromatic nitrogens is 4. The van der Waals surface area contributed by atoms with Crippen molar-refractivity contribution in [3.05, 3.63) is 54.6 Å². The molecular formula is C15H11N5S. The second-order valence-corrected chi connectivity index (χ2v) is 5.51. The van der Waals surface area contributed by atoms with E-state index in [1.165, 1.54) is 0 Å². The van der Waals surface area contributed by atoms with Crippen LogP contribution in [0.5, 0.6) is 0 Å². The Morgan fingerprint density at radius 3 is 2.86 bits per heavy atom. The Hall–Kier alpha value is -2.73. The predicted molar refractivity (Wildman–Crippen MR) is 84.4 cm³/mol. The number of nitrogen functional groups attached to an aromatic ring is 1. The van der Waals surface area contributed by atoms with Gasteiger partial charge in [-0.15, -0.1) is 11.3 Å². The molecule has 3 aromatic heterocycles. The highest BCUT2D eigenvalue weighted by molar-refractivity contribution is 7.16. The van der Waals surface area contributed by atoms with Crippen LogP contribution >= 0.6 is 11.3 Å². The summed E-state index contributed by atoms with van der Waals surface area (Å²) in [4.78, 5) is 12.7. The van der Waals surface area contributed by atoms with Crippen molar-refractivity contribution < 1.29 is 0 Å². The molecule has 4 aromatic rings. The van der Waals surface area contributed by atoms with Gasteiger partial charge in [-0.3, -0.25) is 4.57 Å². The van der Waals surface area contributed by atoms with Gasteiger partial charge in [0.05, 0.1) is 33.9 Å². The number of nitrogens with two attached hydrogens (primary N) is 1. The van der Waals surface area contributed by atoms with Gasteiger partial charge in [-0.05, 0) is 30.3 Å². The molecule has 0 radical (unpaired) electrons. The number of benzene rings is 1. The quantitative estimate of drug-likeness (QED) is 0.616. The van der Waals surface area contributed by atoms with E-state index in [0.29, 0.717) is 5.82 Å². The number of thiazole rings is 1. The molecule has 0 bridgehead atoms. The Morgan fingerprint density at radius 1 is 1.05 bits per heavy atom. The number of hydrogen-bond donors (Lipinski definition) is 1. The fraction of sp³-hybridized carbons (Fsp3) is 0. The number of anilines is 1. The van der Waals surface area contributed by atoms with Crippen molar-refractivity contribution >= 4 is 27.4 Å². The molecule has 21 heavy (non-hydrogen) atoms. The first kappa shape index (κ1) is 12.0. The summed E-state index contributed by atoms with van der Waals surface area (Å²) in [5.41, 5.74) is 11.5. The van der Waals surface area contributed by atoms with E-state index in [4.69, 9.17) is 5.73 Å². The van der Waals surface area contributed by atoms with Crippen LogP contribution in [0.15, 0.2) is 54.6 Å². The molecule has 0 saturated carbocycles. The van der Waals surface area contributed by atoms with Crippen molar-refractivity contribution in [2.45, 2.75) is 0 Å². The van der Waals surface area contributed by atoms with E-state index in [0.717, 1.165) is 27.2 Å². The number of rotatable bonds is 2. The molecule has 5 nitrogen and oxygen atoms in total. The van der Waals surface area contributed by atoms with Crippen molar-refractivity contribution in [1.29, 1.82) is 0 Å². The van der Waals surface area contributed by atoms with Gasteiger partial charge in [0.1, 0.15) is 5.82 Å². The molecule has 0 spiro atoms. The normalized spacial score (nSPS) is 11.0. The number of fused-ring (bicyclic) bond motifs is 1. The van der Waals surface area contributed by atoms with Gasteiger partial charge in [-0.1, -0.05) is 0 Å². The molecule has 2 N–H and O–H groups in total. The Labute approximate surface area is 124 Å². The third kappa shape index (κ3) is 2.05. The Morgan fingerprint density at radius 2 is 2.00 bits per heavy atom. The fourth-order valence-corrected chi connectivity index (χ4v) is 2.97. The Kier molecular flexibility index (Phi) is 2.68. The molecule has 0 unspecified atom stereocenters. The van der Waals surface area contributed by atoms with Crippen LogP contribution in [0.2, 0.25) is 0 Å². The summed E-state index contributed by atoms with van der Waals surface area (Å²) in [6, 6.07) is 9.91. The highest BCUT2D eigenvalue weighted by Gasteiger charge is 2.08. The number of pyridine rings is 1. The van der Waals surface area contributed by atoms with E-state index in [9.17, 15) is 0 Å². The third-order valence-electron chi connectivity index (χ3n) is 3.31. The number of nitrogens with zero attached hydrogens (tertiary/aromatic N) is 4. The highest BCUT2D eigenvalue weighted by atomic mass is 32.1. The zero-order chi connectivity index (χ0) is 14.2. The van der Waals surface area contributed by atoms with Crippen molar-refractivity contribution in [3.63, 3.8) is 0 Å². The van der Waals surface area contributed by atoms with Crippen molar-refractivity contribution in [3.8, 4) is 16.9 Å². The number of imidazole rings is 1. The number of hydrogen-bond acceptors (Lipinski definition) is 5. The molecule has 3 heterocycles. The van der Waals surface area contributed by atoms with E-state index in [-0.39, 0.29) is 0 Å². The lowest BCUT2D eigenvalue weighted by molar-refractivity contribution is 1.06. The smallest absolute Gasteiger partial charge is 0.123 e. The van der Waals surface area contributed by atoms with Crippen LogP contribution in [0.3, 0.4) is 0 Å². The molecular weight excluding hydrogens is 282 g/mol. The lowest BCUT2D eigenvalue weighted by Gasteiger charge is -2.08. The van der Waals surface area contributed by atoms with Gasteiger partial charge in [0.2, 0.25) is 0 Å².